The van der Waals surface area contributed by atoms with E-state index < -0.39 is 0 Å². The van der Waals surface area contributed by atoms with Gasteiger partial charge in [-0.2, -0.15) is 0 Å². The fourth-order valence-electron chi connectivity index (χ4n) is 4.99. The number of fused-ring (bicyclic) bond motifs is 3. The zero-order valence-electron chi connectivity index (χ0n) is 21.8. The molecular formula is C27H36ClN5O5. The van der Waals surface area contributed by atoms with Gasteiger partial charge in [0.1, 0.15) is 5.82 Å². The Morgan fingerprint density at radius 1 is 1.16 bits per heavy atom. The van der Waals surface area contributed by atoms with E-state index in [4.69, 9.17) is 41.1 Å². The average molecular weight is 546 g/mol. The monoisotopic (exact) mass is 545 g/mol. The van der Waals surface area contributed by atoms with Crippen LogP contribution in [-0.2, 0) is 27.3 Å². The highest BCUT2D eigenvalue weighted by Crippen LogP contribution is 2.35. The fraction of sp³-hybridized carbons (Fsp3) is 0.444. The van der Waals surface area contributed by atoms with E-state index in [0.717, 1.165) is 75.4 Å². The molecule has 1 fully saturated rings. The number of hydrogen-bond donors (Lipinski definition) is 4. The summed E-state index contributed by atoms with van der Waals surface area (Å²) in [5.41, 5.74) is 6.34. The molecule has 5 rings (SSSR count). The molecule has 2 aromatic heterocycles. The zero-order chi connectivity index (χ0) is 27.5. The summed E-state index contributed by atoms with van der Waals surface area (Å²) < 4.78 is 5.45. The summed E-state index contributed by atoms with van der Waals surface area (Å²) >= 11 is 6.23. The summed E-state index contributed by atoms with van der Waals surface area (Å²) in [6, 6.07) is 10.8. The van der Waals surface area contributed by atoms with Crippen LogP contribution < -0.4 is 5.32 Å². The molecule has 10 nitrogen and oxygen atoms in total. The van der Waals surface area contributed by atoms with Crippen LogP contribution in [0.15, 0.2) is 30.3 Å². The molecule has 2 aliphatic heterocycles. The SMILES string of the molecule is Cc1nc(NCCN2CCc3c([nH]c4ccc(Cl)cc34)C2C)ccc1CN1CCOCC1.O=CO.O=CO. The summed E-state index contributed by atoms with van der Waals surface area (Å²) in [5.74, 6) is 0.957. The number of benzene rings is 1. The number of aromatic amines is 1. The number of aryl methyl sites for hydroxylation is 1. The van der Waals surface area contributed by atoms with Gasteiger partial charge >= 0.3 is 0 Å². The Morgan fingerprint density at radius 2 is 1.87 bits per heavy atom. The van der Waals surface area contributed by atoms with Crippen molar-refractivity contribution >= 4 is 41.3 Å². The van der Waals surface area contributed by atoms with Crippen molar-refractivity contribution in [2.45, 2.75) is 32.9 Å². The normalized spacial score (nSPS) is 17.4. The van der Waals surface area contributed by atoms with Gasteiger partial charge in [0.2, 0.25) is 0 Å². The van der Waals surface area contributed by atoms with Crippen LogP contribution in [-0.4, -0.2) is 88.9 Å². The van der Waals surface area contributed by atoms with Gasteiger partial charge in [0.25, 0.3) is 12.9 Å². The van der Waals surface area contributed by atoms with Crippen LogP contribution in [0.1, 0.15) is 35.5 Å². The molecule has 1 unspecified atom stereocenters. The number of morpholine rings is 1. The zero-order valence-corrected chi connectivity index (χ0v) is 22.6. The molecule has 2 aliphatic rings. The van der Waals surface area contributed by atoms with Crippen LogP contribution in [0.5, 0.6) is 0 Å². The molecule has 0 radical (unpaired) electrons. The molecule has 38 heavy (non-hydrogen) atoms. The lowest BCUT2D eigenvalue weighted by atomic mass is 9.98. The standard InChI is InChI=1S/C25H32ClN5O.2CH2O2/c1-17-19(16-30-11-13-32-14-12-30)3-6-24(28-17)27-8-10-31-9-7-21-22-15-20(26)4-5-23(22)29-25(21)18(31)2;2*2-1-3/h3-6,15,18,29H,7-14,16H2,1-2H3,(H,27,28);2*1H,(H,2,3). The van der Waals surface area contributed by atoms with E-state index in [1.807, 2.05) is 6.07 Å². The number of anilines is 1. The van der Waals surface area contributed by atoms with Crippen molar-refractivity contribution in [1.29, 1.82) is 0 Å². The maximum atomic E-state index is 8.36. The predicted molar refractivity (Wildman–Crippen MR) is 148 cm³/mol. The predicted octanol–water partition coefficient (Wildman–Crippen LogP) is 3.79. The molecular weight excluding hydrogens is 510 g/mol. The van der Waals surface area contributed by atoms with Gasteiger partial charge < -0.3 is 25.3 Å². The number of carbonyl (C=O) groups is 2. The van der Waals surface area contributed by atoms with Crippen molar-refractivity contribution in [1.82, 2.24) is 19.8 Å². The largest absolute Gasteiger partial charge is 0.483 e. The van der Waals surface area contributed by atoms with Crippen molar-refractivity contribution in [2.24, 2.45) is 0 Å². The van der Waals surface area contributed by atoms with Crippen LogP contribution in [0.25, 0.3) is 10.9 Å². The Labute approximate surface area is 227 Å². The Bertz CT molecular complexity index is 1190. The lowest BCUT2D eigenvalue weighted by Gasteiger charge is -2.33. The van der Waals surface area contributed by atoms with Gasteiger partial charge in [0.05, 0.1) is 13.2 Å². The van der Waals surface area contributed by atoms with E-state index in [-0.39, 0.29) is 12.9 Å². The molecule has 0 spiro atoms. The molecule has 1 atom stereocenters. The van der Waals surface area contributed by atoms with Crippen molar-refractivity contribution in [2.75, 3.05) is 51.3 Å². The number of nitrogens with zero attached hydrogens (tertiary/aromatic N) is 3. The Kier molecular flexibility index (Phi) is 11.3. The first-order valence-electron chi connectivity index (χ1n) is 12.6. The second-order valence-electron chi connectivity index (χ2n) is 9.14. The van der Waals surface area contributed by atoms with Gasteiger partial charge in [0, 0.05) is 72.6 Å². The number of halogens is 1. The third-order valence-corrected chi connectivity index (χ3v) is 7.15. The lowest BCUT2D eigenvalue weighted by molar-refractivity contribution is -0.123. The van der Waals surface area contributed by atoms with Gasteiger partial charge in [-0.25, -0.2) is 4.98 Å². The average Bonchev–Trinajstić information content (AvgIpc) is 3.27. The van der Waals surface area contributed by atoms with Crippen molar-refractivity contribution in [3.05, 3.63) is 57.9 Å². The van der Waals surface area contributed by atoms with Gasteiger partial charge in [-0.1, -0.05) is 17.7 Å². The smallest absolute Gasteiger partial charge is 0.290 e. The fourth-order valence-corrected chi connectivity index (χ4v) is 5.16. The Hall–Kier alpha value is -3.18. The minimum atomic E-state index is -0.250. The number of aromatic nitrogens is 2. The van der Waals surface area contributed by atoms with E-state index >= 15 is 0 Å². The van der Waals surface area contributed by atoms with E-state index in [1.165, 1.54) is 27.7 Å². The first-order chi connectivity index (χ1) is 18.4. The van der Waals surface area contributed by atoms with E-state index in [1.54, 1.807) is 0 Å². The third-order valence-electron chi connectivity index (χ3n) is 6.91. The Morgan fingerprint density at radius 3 is 2.55 bits per heavy atom. The summed E-state index contributed by atoms with van der Waals surface area (Å²) in [5, 5.41) is 19.4. The third kappa shape index (κ3) is 7.67. The van der Waals surface area contributed by atoms with E-state index in [2.05, 4.69) is 58.2 Å². The minimum Gasteiger partial charge on any atom is -0.483 e. The van der Waals surface area contributed by atoms with Crippen molar-refractivity contribution in [3.8, 4) is 0 Å². The second kappa shape index (κ2) is 14.7. The summed E-state index contributed by atoms with van der Waals surface area (Å²) in [7, 11) is 0. The maximum Gasteiger partial charge on any atom is 0.290 e. The number of pyridine rings is 1. The summed E-state index contributed by atoms with van der Waals surface area (Å²) in [6.07, 6.45) is 1.05. The molecule has 1 aromatic carbocycles. The number of ether oxygens (including phenoxy) is 1. The number of nitrogens with one attached hydrogen (secondary N) is 2. The highest BCUT2D eigenvalue weighted by Gasteiger charge is 2.27. The molecule has 206 valence electrons. The maximum absolute atomic E-state index is 8.36. The van der Waals surface area contributed by atoms with Gasteiger partial charge in [0.15, 0.2) is 0 Å². The quantitative estimate of drug-likeness (QED) is 0.342. The topological polar surface area (TPSA) is 131 Å². The van der Waals surface area contributed by atoms with E-state index in [9.17, 15) is 0 Å². The Balaban J connectivity index is 0.000000611. The molecule has 4 heterocycles. The van der Waals surface area contributed by atoms with Gasteiger partial charge in [-0.15, -0.1) is 0 Å². The molecule has 0 bridgehead atoms. The van der Waals surface area contributed by atoms with Crippen molar-refractivity contribution in [3.63, 3.8) is 0 Å². The van der Waals surface area contributed by atoms with E-state index in [0.29, 0.717) is 6.04 Å². The number of hydrogen-bond acceptors (Lipinski definition) is 7. The number of carboxylic acid groups (broad SMARTS) is 2. The summed E-state index contributed by atoms with van der Waals surface area (Å²) in [6.45, 7) is 11.4. The number of H-pyrrole nitrogens is 1. The van der Waals surface area contributed by atoms with Crippen LogP contribution in [0.3, 0.4) is 0 Å². The minimum absolute atomic E-state index is 0.250. The highest BCUT2D eigenvalue weighted by molar-refractivity contribution is 6.31. The van der Waals surface area contributed by atoms with Gasteiger partial charge in [-0.3, -0.25) is 19.4 Å². The molecule has 1 saturated heterocycles. The number of rotatable bonds is 6. The van der Waals surface area contributed by atoms with Crippen LogP contribution >= 0.6 is 11.6 Å². The molecule has 11 heteroatoms. The first-order valence-corrected chi connectivity index (χ1v) is 13.0. The highest BCUT2D eigenvalue weighted by atomic mass is 35.5. The second-order valence-corrected chi connectivity index (χ2v) is 9.57. The molecule has 0 saturated carbocycles. The summed E-state index contributed by atoms with van der Waals surface area (Å²) in [4.78, 5) is 30.1. The first kappa shape index (κ1) is 29.4. The van der Waals surface area contributed by atoms with Crippen LogP contribution in [0.4, 0.5) is 5.82 Å². The lowest BCUT2D eigenvalue weighted by Crippen LogP contribution is -2.37. The van der Waals surface area contributed by atoms with Gasteiger partial charge in [-0.05, 0) is 55.7 Å². The molecule has 3 aromatic rings. The molecule has 0 aliphatic carbocycles. The molecule has 4 N–H and O–H groups in total. The van der Waals surface area contributed by atoms with Crippen molar-refractivity contribution < 1.29 is 24.5 Å². The van der Waals surface area contributed by atoms with Crippen LogP contribution in [0.2, 0.25) is 5.02 Å². The molecule has 0 amide bonds. The van der Waals surface area contributed by atoms with Crippen LogP contribution in [0, 0.1) is 6.92 Å².